The minimum atomic E-state index is -0.213. The molecule has 3 aromatic rings. The molecule has 3 nitrogen and oxygen atoms in total. The van der Waals surface area contributed by atoms with Crippen LogP contribution in [0.2, 0.25) is 0 Å². The second kappa shape index (κ2) is 7.20. The normalized spacial score (nSPS) is 11.2. The second-order valence-electron chi connectivity index (χ2n) is 5.04. The van der Waals surface area contributed by atoms with Crippen molar-refractivity contribution in [3.05, 3.63) is 65.2 Å². The van der Waals surface area contributed by atoms with Crippen LogP contribution in [-0.2, 0) is 16.1 Å². The molecule has 2 aromatic carbocycles. The lowest BCUT2D eigenvalue weighted by atomic mass is 10.2. The fourth-order valence-corrected chi connectivity index (χ4v) is 3.47. The van der Waals surface area contributed by atoms with Crippen LogP contribution in [0.5, 0.6) is 0 Å². The minimum Gasteiger partial charge on any atom is -0.461 e. The van der Waals surface area contributed by atoms with E-state index in [9.17, 15) is 4.79 Å². The zero-order valence-electron chi connectivity index (χ0n) is 12.9. The van der Waals surface area contributed by atoms with Gasteiger partial charge in [0.25, 0.3) is 5.01 Å². The quantitative estimate of drug-likeness (QED) is 0.526. The van der Waals surface area contributed by atoms with E-state index in [4.69, 9.17) is 4.74 Å². The standard InChI is InChI=1S/C19H18NO2S/c1-2-22-19(21)14-20-16-10-6-7-11-17(16)23-18(20)13-12-15-8-4-3-5-9-15/h3-13H,2,14H2,1H3/q+1/b13-12+. The molecule has 0 saturated heterocycles. The largest absolute Gasteiger partial charge is 0.461 e. The van der Waals surface area contributed by atoms with Crippen molar-refractivity contribution in [2.45, 2.75) is 13.5 Å². The molecule has 0 unspecified atom stereocenters. The van der Waals surface area contributed by atoms with Crippen LogP contribution in [-0.4, -0.2) is 12.6 Å². The maximum atomic E-state index is 11.9. The van der Waals surface area contributed by atoms with Crippen LogP contribution >= 0.6 is 11.3 Å². The molecule has 116 valence electrons. The number of esters is 1. The van der Waals surface area contributed by atoms with Gasteiger partial charge in [0.15, 0.2) is 0 Å². The Labute approximate surface area is 139 Å². The van der Waals surface area contributed by atoms with E-state index in [0.29, 0.717) is 6.61 Å². The lowest BCUT2D eigenvalue weighted by molar-refractivity contribution is -0.657. The highest BCUT2D eigenvalue weighted by Gasteiger charge is 2.21. The van der Waals surface area contributed by atoms with Crippen LogP contribution in [0.3, 0.4) is 0 Å². The van der Waals surface area contributed by atoms with Gasteiger partial charge in [-0.3, -0.25) is 0 Å². The van der Waals surface area contributed by atoms with E-state index in [-0.39, 0.29) is 12.5 Å². The molecule has 3 rings (SSSR count). The summed E-state index contributed by atoms with van der Waals surface area (Å²) in [6, 6.07) is 18.2. The van der Waals surface area contributed by atoms with Gasteiger partial charge < -0.3 is 4.74 Å². The third kappa shape index (κ3) is 3.66. The lowest BCUT2D eigenvalue weighted by Crippen LogP contribution is -2.39. The van der Waals surface area contributed by atoms with Crippen molar-refractivity contribution in [3.8, 4) is 0 Å². The zero-order valence-corrected chi connectivity index (χ0v) is 13.8. The van der Waals surface area contributed by atoms with Crippen molar-refractivity contribution in [1.29, 1.82) is 0 Å². The molecule has 0 saturated carbocycles. The van der Waals surface area contributed by atoms with Crippen LogP contribution in [0, 0.1) is 0 Å². The molecular formula is C19H18NO2S+. The first-order valence-corrected chi connectivity index (χ1v) is 8.39. The van der Waals surface area contributed by atoms with Crippen LogP contribution in [0.4, 0.5) is 0 Å². The number of carbonyl (C=O) groups excluding carboxylic acids is 1. The summed E-state index contributed by atoms with van der Waals surface area (Å²) >= 11 is 1.67. The predicted molar refractivity (Wildman–Crippen MR) is 94.0 cm³/mol. The summed E-state index contributed by atoms with van der Waals surface area (Å²) in [4.78, 5) is 11.9. The molecule has 4 heteroatoms. The van der Waals surface area contributed by atoms with E-state index in [1.165, 1.54) is 0 Å². The lowest BCUT2D eigenvalue weighted by Gasteiger charge is -1.98. The number of hydrogen-bond donors (Lipinski definition) is 0. The molecule has 0 atom stereocenters. The van der Waals surface area contributed by atoms with Gasteiger partial charge in [-0.25, -0.2) is 4.79 Å². The molecular weight excluding hydrogens is 306 g/mol. The van der Waals surface area contributed by atoms with E-state index >= 15 is 0 Å². The maximum absolute atomic E-state index is 11.9. The molecule has 0 bridgehead atoms. The van der Waals surface area contributed by atoms with Gasteiger partial charge in [-0.05, 0) is 24.6 Å². The van der Waals surface area contributed by atoms with Crippen LogP contribution in [0.25, 0.3) is 22.4 Å². The summed E-state index contributed by atoms with van der Waals surface area (Å²) in [6.45, 7) is 2.45. The van der Waals surface area contributed by atoms with Crippen molar-refractivity contribution in [3.63, 3.8) is 0 Å². The van der Waals surface area contributed by atoms with E-state index in [1.807, 2.05) is 47.9 Å². The topological polar surface area (TPSA) is 30.2 Å². The minimum absolute atomic E-state index is 0.213. The number of hydrogen-bond acceptors (Lipinski definition) is 3. The number of fused-ring (bicyclic) bond motifs is 1. The van der Waals surface area contributed by atoms with Crippen molar-refractivity contribution in [1.82, 2.24) is 0 Å². The number of benzene rings is 2. The molecule has 0 spiro atoms. The van der Waals surface area contributed by atoms with Crippen LogP contribution in [0.1, 0.15) is 17.5 Å². The van der Waals surface area contributed by atoms with Gasteiger partial charge in [-0.1, -0.05) is 53.8 Å². The Morgan fingerprint density at radius 3 is 2.61 bits per heavy atom. The van der Waals surface area contributed by atoms with Gasteiger partial charge in [0.05, 0.1) is 6.61 Å². The van der Waals surface area contributed by atoms with Gasteiger partial charge in [0, 0.05) is 12.1 Å². The summed E-state index contributed by atoms with van der Waals surface area (Å²) in [7, 11) is 0. The Balaban J connectivity index is 1.98. The van der Waals surface area contributed by atoms with Crippen molar-refractivity contribution in [2.24, 2.45) is 0 Å². The SMILES string of the molecule is CCOC(=O)C[n+]1c(/C=C/c2ccccc2)sc2ccccc21. The fraction of sp³-hybridized carbons (Fsp3) is 0.158. The van der Waals surface area contributed by atoms with Crippen molar-refractivity contribution < 1.29 is 14.1 Å². The number of nitrogens with zero attached hydrogens (tertiary/aromatic N) is 1. The highest BCUT2D eigenvalue weighted by molar-refractivity contribution is 7.18. The van der Waals surface area contributed by atoms with Gasteiger partial charge >= 0.3 is 5.97 Å². The molecule has 0 amide bonds. The first-order valence-electron chi connectivity index (χ1n) is 7.58. The number of thiazole rings is 1. The summed E-state index contributed by atoms with van der Waals surface area (Å²) < 4.78 is 8.27. The average Bonchev–Trinajstić information content (AvgIpc) is 2.92. The molecule has 0 aliphatic carbocycles. The Morgan fingerprint density at radius 1 is 1.09 bits per heavy atom. The van der Waals surface area contributed by atoms with Gasteiger partial charge in [-0.2, -0.15) is 4.57 Å². The number of ether oxygens (including phenoxy) is 1. The highest BCUT2D eigenvalue weighted by Crippen LogP contribution is 2.22. The van der Waals surface area contributed by atoms with Gasteiger partial charge in [-0.15, -0.1) is 0 Å². The zero-order chi connectivity index (χ0) is 16.1. The fourth-order valence-electron chi connectivity index (χ4n) is 2.41. The molecule has 0 fully saturated rings. The van der Waals surface area contributed by atoms with E-state index in [2.05, 4.69) is 30.4 Å². The Bertz CT molecular complexity index is 837. The first kappa shape index (κ1) is 15.4. The molecule has 0 aliphatic rings. The third-order valence-electron chi connectivity index (χ3n) is 3.45. The number of rotatable bonds is 5. The molecule has 1 aromatic heterocycles. The molecule has 23 heavy (non-hydrogen) atoms. The summed E-state index contributed by atoms with van der Waals surface area (Å²) in [5, 5.41) is 1.03. The predicted octanol–water partition coefficient (Wildman–Crippen LogP) is 3.92. The van der Waals surface area contributed by atoms with E-state index < -0.39 is 0 Å². The number of para-hydroxylation sites is 1. The van der Waals surface area contributed by atoms with Gasteiger partial charge in [0.2, 0.25) is 12.1 Å². The number of carbonyl (C=O) groups is 1. The van der Waals surface area contributed by atoms with Crippen molar-refractivity contribution in [2.75, 3.05) is 6.61 Å². The van der Waals surface area contributed by atoms with Crippen LogP contribution in [0.15, 0.2) is 54.6 Å². The smallest absolute Gasteiger partial charge is 0.372 e. The first-order chi connectivity index (χ1) is 11.3. The summed E-state index contributed by atoms with van der Waals surface area (Å²) in [5.41, 5.74) is 2.19. The molecule has 0 aliphatic heterocycles. The van der Waals surface area contributed by atoms with E-state index in [1.54, 1.807) is 11.3 Å². The highest BCUT2D eigenvalue weighted by atomic mass is 32.1. The second-order valence-corrected chi connectivity index (χ2v) is 6.11. The average molecular weight is 324 g/mol. The maximum Gasteiger partial charge on any atom is 0.372 e. The Hall–Kier alpha value is -2.46. The third-order valence-corrected chi connectivity index (χ3v) is 4.58. The van der Waals surface area contributed by atoms with Crippen LogP contribution < -0.4 is 4.57 Å². The van der Waals surface area contributed by atoms with E-state index in [0.717, 1.165) is 20.8 Å². The summed E-state index contributed by atoms with van der Waals surface area (Å²) in [6.07, 6.45) is 4.12. The molecule has 0 radical (unpaired) electrons. The van der Waals surface area contributed by atoms with Gasteiger partial charge in [0.1, 0.15) is 4.70 Å². The Kier molecular flexibility index (Phi) is 4.83. The Morgan fingerprint density at radius 2 is 1.83 bits per heavy atom. The molecule has 0 N–H and O–H groups in total. The van der Waals surface area contributed by atoms with Crippen molar-refractivity contribution >= 4 is 39.7 Å². The monoisotopic (exact) mass is 324 g/mol. The molecule has 1 heterocycles. The summed E-state index contributed by atoms with van der Waals surface area (Å²) in [5.74, 6) is -0.213. The number of aromatic nitrogens is 1.